The van der Waals surface area contributed by atoms with Crippen LogP contribution in [-0.2, 0) is 4.79 Å². The van der Waals surface area contributed by atoms with E-state index in [0.717, 1.165) is 11.8 Å². The molecular formula is C21H15Cl2N3O3S2. The number of carbonyl (C=O) groups is 1. The highest BCUT2D eigenvalue weighted by Gasteiger charge is 2.17. The summed E-state index contributed by atoms with van der Waals surface area (Å²) in [6.07, 6.45) is 0. The normalized spacial score (nSPS) is 10.9. The third kappa shape index (κ3) is 4.57. The number of methoxy groups -OCH3 is 1. The predicted octanol–water partition coefficient (Wildman–Crippen LogP) is 5.49. The number of hydrogen-bond donors (Lipinski definition) is 1. The molecule has 0 radical (unpaired) electrons. The number of nitrogens with zero attached hydrogens (tertiary/aromatic N) is 2. The smallest absolute Gasteiger partial charge is 0.276 e. The van der Waals surface area contributed by atoms with Gasteiger partial charge >= 0.3 is 0 Å². The van der Waals surface area contributed by atoms with E-state index in [-0.39, 0.29) is 17.2 Å². The molecule has 4 aromatic rings. The molecule has 31 heavy (non-hydrogen) atoms. The minimum absolute atomic E-state index is 0.0379. The number of nitrogens with one attached hydrogen (secondary N) is 1. The molecule has 0 aliphatic heterocycles. The molecule has 0 saturated carbocycles. The summed E-state index contributed by atoms with van der Waals surface area (Å²) in [6.45, 7) is 0. The molecule has 0 atom stereocenters. The highest BCUT2D eigenvalue weighted by Crippen LogP contribution is 2.29. The van der Waals surface area contributed by atoms with Gasteiger partial charge in [0.25, 0.3) is 5.56 Å². The van der Waals surface area contributed by atoms with Gasteiger partial charge in [-0.1, -0.05) is 47.1 Å². The van der Waals surface area contributed by atoms with Crippen LogP contribution in [0.2, 0.25) is 10.0 Å². The lowest BCUT2D eigenvalue weighted by atomic mass is 10.3. The van der Waals surface area contributed by atoms with E-state index in [2.05, 4.69) is 10.3 Å². The molecule has 2 aromatic carbocycles. The van der Waals surface area contributed by atoms with Crippen LogP contribution in [0.4, 0.5) is 5.69 Å². The van der Waals surface area contributed by atoms with Crippen LogP contribution in [-0.4, -0.2) is 28.3 Å². The van der Waals surface area contributed by atoms with E-state index in [9.17, 15) is 9.59 Å². The van der Waals surface area contributed by atoms with E-state index in [1.165, 1.54) is 23.0 Å². The van der Waals surface area contributed by atoms with Gasteiger partial charge in [0.15, 0.2) is 5.16 Å². The Labute approximate surface area is 195 Å². The van der Waals surface area contributed by atoms with E-state index in [1.807, 2.05) is 5.38 Å². The average Bonchev–Trinajstić information content (AvgIpc) is 3.22. The summed E-state index contributed by atoms with van der Waals surface area (Å²) in [4.78, 5) is 30.2. The second kappa shape index (κ2) is 9.32. The van der Waals surface area contributed by atoms with Crippen LogP contribution in [0.1, 0.15) is 0 Å². The number of benzene rings is 2. The van der Waals surface area contributed by atoms with Gasteiger partial charge in [-0.2, -0.15) is 0 Å². The molecule has 0 spiro atoms. The van der Waals surface area contributed by atoms with Gasteiger partial charge in [0, 0.05) is 5.69 Å². The number of rotatable bonds is 6. The van der Waals surface area contributed by atoms with Crippen molar-refractivity contribution in [1.82, 2.24) is 9.55 Å². The van der Waals surface area contributed by atoms with E-state index in [1.54, 1.807) is 48.5 Å². The Morgan fingerprint density at radius 3 is 2.74 bits per heavy atom. The van der Waals surface area contributed by atoms with Gasteiger partial charge in [0.2, 0.25) is 5.91 Å². The second-order valence-electron chi connectivity index (χ2n) is 6.31. The van der Waals surface area contributed by atoms with Gasteiger partial charge in [-0.3, -0.25) is 14.2 Å². The van der Waals surface area contributed by atoms with Crippen molar-refractivity contribution in [3.8, 4) is 11.4 Å². The standard InChI is InChI=1S/C21H15Cl2N3O3S2/c1-29-17-7-6-12(10-14(17)23)24-18(27)11-31-21-25-15-8-9-30-19(15)20(28)26(21)16-5-3-2-4-13(16)22/h2-10H,11H2,1H3,(H,24,27). The van der Waals surface area contributed by atoms with Crippen molar-refractivity contribution < 1.29 is 9.53 Å². The number of carbonyl (C=O) groups excluding carboxylic acids is 1. The number of halogens is 2. The zero-order valence-corrected chi connectivity index (χ0v) is 19.2. The fourth-order valence-corrected chi connectivity index (χ4v) is 4.95. The molecular weight excluding hydrogens is 477 g/mol. The number of fused-ring (bicyclic) bond motifs is 1. The fourth-order valence-electron chi connectivity index (χ4n) is 2.91. The number of hydrogen-bond acceptors (Lipinski definition) is 6. The van der Waals surface area contributed by atoms with Gasteiger partial charge in [-0.25, -0.2) is 4.98 Å². The summed E-state index contributed by atoms with van der Waals surface area (Å²) in [5, 5.41) is 5.79. The van der Waals surface area contributed by atoms with Gasteiger partial charge < -0.3 is 10.1 Å². The van der Waals surface area contributed by atoms with Crippen LogP contribution < -0.4 is 15.6 Å². The average molecular weight is 492 g/mol. The third-order valence-electron chi connectivity index (χ3n) is 4.31. The number of thiophene rings is 1. The Hall–Kier alpha value is -2.52. The first kappa shape index (κ1) is 21.7. The topological polar surface area (TPSA) is 73.2 Å². The highest BCUT2D eigenvalue weighted by atomic mass is 35.5. The van der Waals surface area contributed by atoms with Crippen molar-refractivity contribution in [3.05, 3.63) is 74.3 Å². The van der Waals surface area contributed by atoms with Gasteiger partial charge in [0.1, 0.15) is 10.4 Å². The zero-order chi connectivity index (χ0) is 22.0. The van der Waals surface area contributed by atoms with E-state index < -0.39 is 0 Å². The van der Waals surface area contributed by atoms with Gasteiger partial charge in [-0.15, -0.1) is 11.3 Å². The maximum atomic E-state index is 13.1. The van der Waals surface area contributed by atoms with Crippen LogP contribution in [0.15, 0.2) is 63.9 Å². The summed E-state index contributed by atoms with van der Waals surface area (Å²) in [5.41, 5.74) is 1.42. The number of thioether (sulfide) groups is 1. The molecule has 2 heterocycles. The molecule has 10 heteroatoms. The van der Waals surface area contributed by atoms with E-state index >= 15 is 0 Å². The van der Waals surface area contributed by atoms with E-state index in [0.29, 0.717) is 42.5 Å². The lowest BCUT2D eigenvalue weighted by Gasteiger charge is -2.13. The third-order valence-corrected chi connectivity index (χ3v) is 6.76. The summed E-state index contributed by atoms with van der Waals surface area (Å²) in [7, 11) is 1.52. The highest BCUT2D eigenvalue weighted by molar-refractivity contribution is 7.99. The van der Waals surface area contributed by atoms with Crippen LogP contribution in [0.5, 0.6) is 5.75 Å². The van der Waals surface area contributed by atoms with Crippen molar-refractivity contribution in [1.29, 1.82) is 0 Å². The Kier molecular flexibility index (Phi) is 6.52. The molecule has 0 aliphatic carbocycles. The molecule has 0 unspecified atom stereocenters. The Morgan fingerprint density at radius 1 is 1.19 bits per heavy atom. The molecule has 1 amide bonds. The quantitative estimate of drug-likeness (QED) is 0.285. The molecule has 2 aromatic heterocycles. The number of ether oxygens (including phenoxy) is 1. The molecule has 1 N–H and O–H groups in total. The molecule has 6 nitrogen and oxygen atoms in total. The molecule has 0 fully saturated rings. The van der Waals surface area contributed by atoms with Crippen molar-refractivity contribution in [3.63, 3.8) is 0 Å². The zero-order valence-electron chi connectivity index (χ0n) is 16.1. The summed E-state index contributed by atoms with van der Waals surface area (Å²) >= 11 is 14.9. The first-order valence-corrected chi connectivity index (χ1v) is 11.6. The van der Waals surface area contributed by atoms with Crippen molar-refractivity contribution in [2.24, 2.45) is 0 Å². The Bertz CT molecular complexity index is 1340. The minimum Gasteiger partial charge on any atom is -0.495 e. The first-order valence-electron chi connectivity index (χ1n) is 8.99. The minimum atomic E-state index is -0.267. The van der Waals surface area contributed by atoms with Gasteiger partial charge in [-0.05, 0) is 41.8 Å². The molecule has 158 valence electrons. The maximum absolute atomic E-state index is 13.1. The second-order valence-corrected chi connectivity index (χ2v) is 8.98. The number of para-hydroxylation sites is 1. The lowest BCUT2D eigenvalue weighted by Crippen LogP contribution is -2.22. The maximum Gasteiger partial charge on any atom is 0.276 e. The largest absolute Gasteiger partial charge is 0.495 e. The number of amides is 1. The SMILES string of the molecule is COc1ccc(NC(=O)CSc2nc3ccsc3c(=O)n2-c2ccccc2Cl)cc1Cl. The lowest BCUT2D eigenvalue weighted by molar-refractivity contribution is -0.113. The Balaban J connectivity index is 1.61. The first-order chi connectivity index (χ1) is 15.0. The predicted molar refractivity (Wildman–Crippen MR) is 128 cm³/mol. The van der Waals surface area contributed by atoms with Gasteiger partial charge in [0.05, 0.1) is 34.1 Å². The monoisotopic (exact) mass is 491 g/mol. The van der Waals surface area contributed by atoms with Crippen LogP contribution >= 0.6 is 46.3 Å². The van der Waals surface area contributed by atoms with Crippen molar-refractivity contribution in [2.75, 3.05) is 18.2 Å². The number of anilines is 1. The van der Waals surface area contributed by atoms with Crippen molar-refractivity contribution >= 4 is 68.1 Å². The molecule has 0 bridgehead atoms. The van der Waals surface area contributed by atoms with E-state index in [4.69, 9.17) is 27.9 Å². The summed E-state index contributed by atoms with van der Waals surface area (Å²) in [5.74, 6) is 0.290. The van der Waals surface area contributed by atoms with Crippen LogP contribution in [0.25, 0.3) is 15.9 Å². The summed E-state index contributed by atoms with van der Waals surface area (Å²) in [6, 6.07) is 13.8. The number of aromatic nitrogens is 2. The van der Waals surface area contributed by atoms with Crippen LogP contribution in [0.3, 0.4) is 0 Å². The van der Waals surface area contributed by atoms with Crippen LogP contribution in [0, 0.1) is 0 Å². The Morgan fingerprint density at radius 2 is 2.00 bits per heavy atom. The fraction of sp³-hybridized carbons (Fsp3) is 0.0952. The van der Waals surface area contributed by atoms with Crippen molar-refractivity contribution in [2.45, 2.75) is 5.16 Å². The summed E-state index contributed by atoms with van der Waals surface area (Å²) < 4.78 is 7.09. The molecule has 0 saturated heterocycles. The molecule has 0 aliphatic rings. The molecule has 4 rings (SSSR count).